The molecule has 0 nitrogen and oxygen atoms in total. The second-order valence-corrected chi connectivity index (χ2v) is 13.5. The van der Waals surface area contributed by atoms with Crippen molar-refractivity contribution in [2.24, 2.45) is 0 Å². The number of unbranched alkanes of at least 4 members (excludes halogenated alkanes) is 1. The molecule has 0 fully saturated rings. The average molecular weight is 452 g/mol. The molecule has 0 saturated carbocycles. The van der Waals surface area contributed by atoms with Crippen LogP contribution >= 0.6 is 0 Å². The minimum Gasteiger partial charge on any atom is -1.00 e. The Morgan fingerprint density at radius 2 is 1.32 bits per heavy atom. The van der Waals surface area contributed by atoms with Crippen LogP contribution in [0.5, 0.6) is 0 Å². The third kappa shape index (κ3) is 4.50. The number of allylic oxidation sites excluding steroid dienone is 4. The number of hydrogen-bond acceptors (Lipinski definition) is 0. The smallest absolute Gasteiger partial charge is 1.00 e. The Balaban J connectivity index is 0. The van der Waals surface area contributed by atoms with Crippen LogP contribution in [0, 0.1) is 0 Å². The summed E-state index contributed by atoms with van der Waals surface area (Å²) in [6, 6.07) is 12.7. The SMILES string of the molecule is CCCC[Si](C)(c1ccccc1)[C]1([Ti+3])C(C)=C(C)C(C)=C1C.[Cl-].[Cl-].[Cl-]. The van der Waals surface area contributed by atoms with Crippen LogP contribution in [-0.2, 0) is 20.4 Å². The number of benzene rings is 1. The van der Waals surface area contributed by atoms with Crippen LogP contribution < -0.4 is 42.4 Å². The van der Waals surface area contributed by atoms with E-state index in [1.165, 1.54) is 30.0 Å². The summed E-state index contributed by atoms with van der Waals surface area (Å²) in [6.45, 7) is 14.3. The summed E-state index contributed by atoms with van der Waals surface area (Å²) in [7, 11) is -1.66. The van der Waals surface area contributed by atoms with Gasteiger partial charge in [0.05, 0.1) is 0 Å². The largest absolute Gasteiger partial charge is 1.00 e. The van der Waals surface area contributed by atoms with E-state index < -0.39 is 8.07 Å². The number of hydrogen-bond donors (Lipinski definition) is 0. The first-order chi connectivity index (χ1) is 10.3. The van der Waals surface area contributed by atoms with Gasteiger partial charge in [0.25, 0.3) is 0 Å². The van der Waals surface area contributed by atoms with Crippen molar-refractivity contribution in [1.82, 2.24) is 0 Å². The van der Waals surface area contributed by atoms with E-state index >= 15 is 0 Å². The molecule has 2 rings (SSSR count). The van der Waals surface area contributed by atoms with Crippen LogP contribution in [0.15, 0.2) is 52.6 Å². The Kier molecular flexibility index (Phi) is 11.9. The van der Waals surface area contributed by atoms with Crippen molar-refractivity contribution < 1.29 is 57.7 Å². The summed E-state index contributed by atoms with van der Waals surface area (Å²) in [6.07, 6.45) is 2.63. The van der Waals surface area contributed by atoms with E-state index in [0.717, 1.165) is 0 Å². The van der Waals surface area contributed by atoms with Gasteiger partial charge < -0.3 is 37.2 Å². The van der Waals surface area contributed by atoms with Gasteiger partial charge in [0.2, 0.25) is 0 Å². The van der Waals surface area contributed by atoms with Gasteiger partial charge in [-0.05, 0) is 0 Å². The zero-order valence-corrected chi connectivity index (χ0v) is 21.0. The van der Waals surface area contributed by atoms with Crippen molar-refractivity contribution in [2.75, 3.05) is 0 Å². The maximum atomic E-state index is 2.62. The fourth-order valence-corrected chi connectivity index (χ4v) is 11.1. The summed E-state index contributed by atoms with van der Waals surface area (Å²) in [5.41, 5.74) is 6.31. The van der Waals surface area contributed by atoms with Gasteiger partial charge in [0, 0.05) is 0 Å². The summed E-state index contributed by atoms with van der Waals surface area (Å²) >= 11 is 2.53. The van der Waals surface area contributed by atoms with Crippen molar-refractivity contribution >= 4 is 13.3 Å². The maximum Gasteiger partial charge on any atom is -1.00 e. The van der Waals surface area contributed by atoms with Gasteiger partial charge in [-0.25, -0.2) is 0 Å². The van der Waals surface area contributed by atoms with E-state index in [0.29, 0.717) is 0 Å². The first kappa shape index (κ1) is 27.7. The molecule has 0 radical (unpaired) electrons. The summed E-state index contributed by atoms with van der Waals surface area (Å²) < 4.78 is 0.262. The van der Waals surface area contributed by atoms with Crippen LogP contribution in [-0.4, -0.2) is 8.07 Å². The fraction of sp³-hybridized carbons (Fsp3) is 0.500. The average Bonchev–Trinajstić information content (AvgIpc) is 2.70. The summed E-state index contributed by atoms with van der Waals surface area (Å²) in [5, 5.41) is 1.62. The van der Waals surface area contributed by atoms with E-state index in [-0.39, 0.29) is 40.6 Å². The quantitative estimate of drug-likeness (QED) is 0.412. The molecular weight excluding hydrogens is 423 g/mol. The molecule has 1 aromatic carbocycles. The van der Waals surface area contributed by atoms with E-state index in [1.807, 2.05) is 0 Å². The fourth-order valence-electron chi connectivity index (χ4n) is 4.12. The molecule has 0 bridgehead atoms. The van der Waals surface area contributed by atoms with Crippen LogP contribution in [0.4, 0.5) is 0 Å². The van der Waals surface area contributed by atoms with Crippen molar-refractivity contribution in [3.8, 4) is 0 Å². The van der Waals surface area contributed by atoms with Gasteiger partial charge in [-0.2, -0.15) is 0 Å². The summed E-state index contributed by atoms with van der Waals surface area (Å²) in [5.74, 6) is 0. The van der Waals surface area contributed by atoms with Crippen LogP contribution in [0.3, 0.4) is 0 Å². The van der Waals surface area contributed by atoms with E-state index in [9.17, 15) is 0 Å². The topological polar surface area (TPSA) is 0 Å². The Labute approximate surface area is 186 Å². The van der Waals surface area contributed by atoms with Gasteiger partial charge in [-0.1, -0.05) is 0 Å². The Hall–Kier alpha value is 0.501. The molecule has 138 valence electrons. The van der Waals surface area contributed by atoms with E-state index in [1.54, 1.807) is 16.3 Å². The zero-order chi connectivity index (χ0) is 16.5. The molecule has 1 aromatic rings. The molecule has 0 aliphatic heterocycles. The zero-order valence-electron chi connectivity index (χ0n) is 16.1. The normalized spacial score (nSPS) is 18.1. The molecule has 0 aromatic heterocycles. The molecule has 1 aliphatic rings. The minimum absolute atomic E-state index is 0. The minimum atomic E-state index is -1.66. The second kappa shape index (κ2) is 10.7. The monoisotopic (exact) mass is 450 g/mol. The van der Waals surface area contributed by atoms with Crippen molar-refractivity contribution in [3.05, 3.63) is 52.6 Å². The van der Waals surface area contributed by atoms with Crippen molar-refractivity contribution in [1.29, 1.82) is 0 Å². The first-order valence-electron chi connectivity index (χ1n) is 8.47. The van der Waals surface area contributed by atoms with E-state index in [2.05, 4.69) is 91.9 Å². The molecule has 0 heterocycles. The Bertz CT molecular complexity index is 601. The van der Waals surface area contributed by atoms with E-state index in [4.69, 9.17) is 0 Å². The van der Waals surface area contributed by atoms with Crippen LogP contribution in [0.2, 0.25) is 15.9 Å². The standard InChI is InChI=1S/C20H29Si.3ClH.Ti/c1-7-8-14-21(6,19-12-10-9-11-13-19)20-17(4)15(2)16(3)18(20)5;;;;/h9-13H,7-8,14H2,1-6H3;3*1H;/q;;;;+3/p-3. The van der Waals surface area contributed by atoms with Gasteiger partial charge >= 0.3 is 150 Å². The third-order valence-corrected chi connectivity index (χ3v) is 15.2. The van der Waals surface area contributed by atoms with Gasteiger partial charge in [-0.3, -0.25) is 0 Å². The number of rotatable bonds is 5. The summed E-state index contributed by atoms with van der Waals surface area (Å²) in [4.78, 5) is 0. The first-order valence-corrected chi connectivity index (χ1v) is 12.0. The van der Waals surface area contributed by atoms with Crippen molar-refractivity contribution in [2.45, 2.75) is 63.4 Å². The molecule has 0 N–H and O–H groups in total. The molecule has 1 aliphatic carbocycles. The molecule has 1 unspecified atom stereocenters. The van der Waals surface area contributed by atoms with Crippen LogP contribution in [0.1, 0.15) is 47.5 Å². The molecule has 0 spiro atoms. The Morgan fingerprint density at radius 3 is 1.72 bits per heavy atom. The van der Waals surface area contributed by atoms with Gasteiger partial charge in [-0.15, -0.1) is 0 Å². The number of halogens is 3. The van der Waals surface area contributed by atoms with Crippen molar-refractivity contribution in [3.63, 3.8) is 0 Å². The van der Waals surface area contributed by atoms with Gasteiger partial charge in [0.15, 0.2) is 0 Å². The molecular formula is C20H29Cl3SiTi. The second-order valence-electron chi connectivity index (χ2n) is 7.05. The van der Waals surface area contributed by atoms with Crippen LogP contribution in [0.25, 0.3) is 0 Å². The molecule has 5 heteroatoms. The molecule has 25 heavy (non-hydrogen) atoms. The Morgan fingerprint density at radius 1 is 0.880 bits per heavy atom. The molecule has 1 atom stereocenters. The molecule has 0 saturated heterocycles. The molecule has 0 amide bonds. The predicted octanol–water partition coefficient (Wildman–Crippen LogP) is -3.28. The third-order valence-electron chi connectivity index (χ3n) is 6.08. The maximum absolute atomic E-state index is 2.62. The predicted molar refractivity (Wildman–Crippen MR) is 96.9 cm³/mol. The van der Waals surface area contributed by atoms with Gasteiger partial charge in [0.1, 0.15) is 0 Å².